The Hall–Kier alpha value is -1.72. The molecule has 6 heteroatoms. The van der Waals surface area contributed by atoms with Crippen molar-refractivity contribution in [2.45, 2.75) is 58.5 Å². The first kappa shape index (κ1) is 22.3. The molecule has 0 aromatic carbocycles. The van der Waals surface area contributed by atoms with Crippen molar-refractivity contribution in [1.29, 1.82) is 0 Å². The molecule has 1 amide bonds. The molecule has 0 saturated carbocycles. The normalized spacial score (nSPS) is 11.8. The van der Waals surface area contributed by atoms with E-state index < -0.39 is 5.60 Å². The van der Waals surface area contributed by atoms with Gasteiger partial charge in [-0.2, -0.15) is 0 Å². The zero-order chi connectivity index (χ0) is 18.4. The molecular weight excluding hydrogens is 304 g/mol. The lowest BCUT2D eigenvalue weighted by molar-refractivity contribution is 0.0527. The van der Waals surface area contributed by atoms with Crippen molar-refractivity contribution in [2.24, 2.45) is 4.99 Å². The van der Waals surface area contributed by atoms with Crippen LogP contribution in [0.25, 0.3) is 0 Å². The van der Waals surface area contributed by atoms with E-state index in [0.717, 1.165) is 38.3 Å². The van der Waals surface area contributed by atoms with Gasteiger partial charge in [0.1, 0.15) is 5.60 Å². The molecule has 0 heterocycles. The SMILES string of the molecule is C=CCCCCCN(C)C(=NC)NCCCNC(=O)OC(C)(C)C. The number of aliphatic imine (C=N–C) groups is 1. The standard InChI is InChI=1S/C18H36N4O2/c1-7-8-9-10-11-15-22(6)16(19-5)20-13-12-14-21-17(23)24-18(2,3)4/h7H,1,8-15H2,2-6H3,(H,19,20)(H,21,23). The van der Waals surface area contributed by atoms with Crippen LogP contribution in [0, 0.1) is 0 Å². The number of rotatable bonds is 10. The largest absolute Gasteiger partial charge is 0.444 e. The molecule has 0 radical (unpaired) electrons. The van der Waals surface area contributed by atoms with Crippen molar-refractivity contribution >= 4 is 12.1 Å². The summed E-state index contributed by atoms with van der Waals surface area (Å²) in [5.41, 5.74) is -0.460. The van der Waals surface area contributed by atoms with E-state index in [1.165, 1.54) is 12.8 Å². The minimum atomic E-state index is -0.460. The van der Waals surface area contributed by atoms with Crippen LogP contribution in [-0.4, -0.2) is 56.3 Å². The molecule has 6 nitrogen and oxygen atoms in total. The summed E-state index contributed by atoms with van der Waals surface area (Å²) >= 11 is 0. The van der Waals surface area contributed by atoms with Gasteiger partial charge in [-0.1, -0.05) is 12.5 Å². The highest BCUT2D eigenvalue weighted by Gasteiger charge is 2.15. The first-order valence-corrected chi connectivity index (χ1v) is 8.79. The summed E-state index contributed by atoms with van der Waals surface area (Å²) in [5, 5.41) is 6.06. The van der Waals surface area contributed by atoms with E-state index in [2.05, 4.69) is 27.1 Å². The maximum absolute atomic E-state index is 11.5. The molecule has 0 saturated heterocycles. The number of nitrogens with zero attached hydrogens (tertiary/aromatic N) is 2. The van der Waals surface area contributed by atoms with Crippen LogP contribution < -0.4 is 10.6 Å². The Morgan fingerprint density at radius 1 is 1.17 bits per heavy atom. The number of guanidine groups is 1. The third kappa shape index (κ3) is 12.8. The molecule has 0 aliphatic heterocycles. The lowest BCUT2D eigenvalue weighted by Gasteiger charge is -2.22. The number of amides is 1. The molecule has 0 spiro atoms. The molecule has 0 aromatic heterocycles. The summed E-state index contributed by atoms with van der Waals surface area (Å²) < 4.78 is 5.19. The molecule has 0 rings (SSSR count). The van der Waals surface area contributed by atoms with Crippen molar-refractivity contribution in [3.8, 4) is 0 Å². The van der Waals surface area contributed by atoms with Gasteiger partial charge in [0.2, 0.25) is 0 Å². The Morgan fingerprint density at radius 3 is 2.42 bits per heavy atom. The van der Waals surface area contributed by atoms with Crippen LogP contribution in [0.15, 0.2) is 17.6 Å². The average molecular weight is 341 g/mol. The highest BCUT2D eigenvalue weighted by Crippen LogP contribution is 2.06. The van der Waals surface area contributed by atoms with Crippen LogP contribution in [0.5, 0.6) is 0 Å². The number of hydrogen-bond acceptors (Lipinski definition) is 3. The van der Waals surface area contributed by atoms with Crippen LogP contribution in [-0.2, 0) is 4.74 Å². The van der Waals surface area contributed by atoms with E-state index in [4.69, 9.17) is 4.74 Å². The summed E-state index contributed by atoms with van der Waals surface area (Å²) in [6.07, 6.45) is 7.03. The molecule has 24 heavy (non-hydrogen) atoms. The quantitative estimate of drug-likeness (QED) is 0.277. The van der Waals surface area contributed by atoms with Crippen molar-refractivity contribution in [1.82, 2.24) is 15.5 Å². The maximum Gasteiger partial charge on any atom is 0.407 e. The van der Waals surface area contributed by atoms with Gasteiger partial charge in [-0.15, -0.1) is 6.58 Å². The molecular formula is C18H36N4O2. The van der Waals surface area contributed by atoms with Crippen LogP contribution in [0.1, 0.15) is 52.9 Å². The fourth-order valence-corrected chi connectivity index (χ4v) is 2.10. The van der Waals surface area contributed by atoms with Crippen LogP contribution in [0.2, 0.25) is 0 Å². The van der Waals surface area contributed by atoms with E-state index in [-0.39, 0.29) is 6.09 Å². The van der Waals surface area contributed by atoms with E-state index in [0.29, 0.717) is 6.54 Å². The number of hydrogen-bond donors (Lipinski definition) is 2. The summed E-state index contributed by atoms with van der Waals surface area (Å²) in [5.74, 6) is 0.885. The number of allylic oxidation sites excluding steroid dienone is 1. The molecule has 0 aliphatic rings. The van der Waals surface area contributed by atoms with E-state index >= 15 is 0 Å². The van der Waals surface area contributed by atoms with Gasteiger partial charge in [0.05, 0.1) is 0 Å². The van der Waals surface area contributed by atoms with Crippen molar-refractivity contribution in [3.05, 3.63) is 12.7 Å². The van der Waals surface area contributed by atoms with Gasteiger partial charge in [-0.3, -0.25) is 4.99 Å². The zero-order valence-corrected chi connectivity index (χ0v) is 16.2. The molecule has 2 N–H and O–H groups in total. The summed E-state index contributed by atoms with van der Waals surface area (Å²) in [6, 6.07) is 0. The van der Waals surface area contributed by atoms with Gasteiger partial charge in [0.25, 0.3) is 0 Å². The van der Waals surface area contributed by atoms with Gasteiger partial charge >= 0.3 is 6.09 Å². The molecule has 0 aliphatic carbocycles. The van der Waals surface area contributed by atoms with Crippen molar-refractivity contribution in [2.75, 3.05) is 33.7 Å². The van der Waals surface area contributed by atoms with E-state index in [1.807, 2.05) is 33.9 Å². The fraction of sp³-hybridized carbons (Fsp3) is 0.778. The molecule has 0 atom stereocenters. The third-order valence-corrected chi connectivity index (χ3v) is 3.28. The Labute approximate surface area is 147 Å². The summed E-state index contributed by atoms with van der Waals surface area (Å²) in [6.45, 7) is 11.6. The Morgan fingerprint density at radius 2 is 1.83 bits per heavy atom. The monoisotopic (exact) mass is 340 g/mol. The van der Waals surface area contributed by atoms with Gasteiger partial charge in [0.15, 0.2) is 5.96 Å². The van der Waals surface area contributed by atoms with E-state index in [1.54, 1.807) is 7.05 Å². The highest BCUT2D eigenvalue weighted by atomic mass is 16.6. The lowest BCUT2D eigenvalue weighted by atomic mass is 10.2. The highest BCUT2D eigenvalue weighted by molar-refractivity contribution is 5.79. The topological polar surface area (TPSA) is 66.0 Å². The van der Waals surface area contributed by atoms with Crippen molar-refractivity contribution < 1.29 is 9.53 Å². The second kappa shape index (κ2) is 12.7. The number of ether oxygens (including phenoxy) is 1. The molecule has 0 fully saturated rings. The molecule has 0 unspecified atom stereocenters. The van der Waals surface area contributed by atoms with Crippen LogP contribution in [0.4, 0.5) is 4.79 Å². The number of carbonyl (C=O) groups is 1. The maximum atomic E-state index is 11.5. The van der Waals surface area contributed by atoms with Gasteiger partial charge < -0.3 is 20.3 Å². The fourth-order valence-electron chi connectivity index (χ4n) is 2.10. The lowest BCUT2D eigenvalue weighted by Crippen LogP contribution is -2.40. The van der Waals surface area contributed by atoms with Gasteiger partial charge in [-0.25, -0.2) is 4.79 Å². The van der Waals surface area contributed by atoms with Gasteiger partial charge in [-0.05, 0) is 46.5 Å². The second-order valence-corrected chi connectivity index (χ2v) is 6.82. The predicted molar refractivity (Wildman–Crippen MR) is 102 cm³/mol. The molecule has 140 valence electrons. The minimum absolute atomic E-state index is 0.372. The average Bonchev–Trinajstić information content (AvgIpc) is 2.48. The number of nitrogens with one attached hydrogen (secondary N) is 2. The molecule has 0 bridgehead atoms. The Bertz CT molecular complexity index is 389. The van der Waals surface area contributed by atoms with Gasteiger partial charge in [0, 0.05) is 33.7 Å². The number of unbranched alkanes of at least 4 members (excludes halogenated alkanes) is 3. The zero-order valence-electron chi connectivity index (χ0n) is 16.2. The number of carbonyl (C=O) groups excluding carboxylic acids is 1. The molecule has 0 aromatic rings. The summed E-state index contributed by atoms with van der Waals surface area (Å²) in [4.78, 5) is 17.9. The Kier molecular flexibility index (Phi) is 11.8. The first-order chi connectivity index (χ1) is 11.3. The van der Waals surface area contributed by atoms with Crippen LogP contribution in [0.3, 0.4) is 0 Å². The summed E-state index contributed by atoms with van der Waals surface area (Å²) in [7, 11) is 3.83. The first-order valence-electron chi connectivity index (χ1n) is 8.79. The minimum Gasteiger partial charge on any atom is -0.444 e. The van der Waals surface area contributed by atoms with Crippen molar-refractivity contribution in [3.63, 3.8) is 0 Å². The third-order valence-electron chi connectivity index (χ3n) is 3.28. The smallest absolute Gasteiger partial charge is 0.407 e. The predicted octanol–water partition coefficient (Wildman–Crippen LogP) is 3.15. The second-order valence-electron chi connectivity index (χ2n) is 6.82. The number of alkyl carbamates (subject to hydrolysis) is 1. The van der Waals surface area contributed by atoms with E-state index in [9.17, 15) is 4.79 Å². The van der Waals surface area contributed by atoms with Crippen LogP contribution >= 0.6 is 0 Å². The Balaban J connectivity index is 3.82.